The quantitative estimate of drug-likeness (QED) is 0.241. The van der Waals surface area contributed by atoms with Crippen molar-refractivity contribution in [1.29, 1.82) is 0 Å². The van der Waals surface area contributed by atoms with Crippen LogP contribution in [0.5, 0.6) is 0 Å². The molecule has 0 heterocycles. The maximum Gasteiger partial charge on any atom is 0.192 e. The molecule has 0 spiro atoms. The summed E-state index contributed by atoms with van der Waals surface area (Å²) in [4.78, 5) is 0. The van der Waals surface area contributed by atoms with Gasteiger partial charge in [0.25, 0.3) is 0 Å². The fourth-order valence-corrected chi connectivity index (χ4v) is 3.59. The summed E-state index contributed by atoms with van der Waals surface area (Å²) >= 11 is 0. The standard InChI is InChI=1S/C26H48O2Si/c1-22(2)13-10-17-25(21-27)18-12-16-23(3)14-11-15-24(4)19-20-28-29(8,9)26(5,6)7/h13-14,18-19,27H,10-12,15-17,20-21H2,1-9H3/b23-14+,24-19+,25-18+. The molecule has 0 atom stereocenters. The Bertz CT molecular complexity index is 582. The zero-order valence-electron chi connectivity index (χ0n) is 20.8. The number of rotatable bonds is 13. The summed E-state index contributed by atoms with van der Waals surface area (Å²) in [5, 5.41) is 9.78. The smallest absolute Gasteiger partial charge is 0.192 e. The minimum absolute atomic E-state index is 0.181. The Morgan fingerprint density at radius 3 is 1.83 bits per heavy atom. The van der Waals surface area contributed by atoms with E-state index in [1.54, 1.807) is 0 Å². The molecule has 0 amide bonds. The highest BCUT2D eigenvalue weighted by molar-refractivity contribution is 6.74. The second-order valence-electron chi connectivity index (χ2n) is 10.1. The van der Waals surface area contributed by atoms with Gasteiger partial charge in [0.05, 0.1) is 13.2 Å². The van der Waals surface area contributed by atoms with Gasteiger partial charge in [0.15, 0.2) is 8.32 Å². The molecular weight excluding hydrogens is 372 g/mol. The summed E-state index contributed by atoms with van der Waals surface area (Å²) in [6.07, 6.45) is 15.3. The van der Waals surface area contributed by atoms with Gasteiger partial charge in [-0.2, -0.15) is 0 Å². The molecular formula is C26H48O2Si. The van der Waals surface area contributed by atoms with Crippen molar-refractivity contribution in [3.05, 3.63) is 46.6 Å². The molecule has 1 N–H and O–H groups in total. The van der Waals surface area contributed by atoms with Crippen LogP contribution in [0, 0.1) is 0 Å². The average molecular weight is 421 g/mol. The largest absolute Gasteiger partial charge is 0.413 e. The number of allylic oxidation sites excluding steroid dienone is 6. The highest BCUT2D eigenvalue weighted by atomic mass is 28.4. The molecule has 2 nitrogen and oxygen atoms in total. The second-order valence-corrected chi connectivity index (χ2v) is 14.9. The van der Waals surface area contributed by atoms with Crippen molar-refractivity contribution in [2.24, 2.45) is 0 Å². The van der Waals surface area contributed by atoms with E-state index >= 15 is 0 Å². The van der Waals surface area contributed by atoms with Crippen LogP contribution in [0.3, 0.4) is 0 Å². The summed E-state index contributed by atoms with van der Waals surface area (Å²) in [6.45, 7) is 21.1. The molecule has 0 rings (SSSR count). The molecule has 0 fully saturated rings. The van der Waals surface area contributed by atoms with Crippen LogP contribution in [-0.2, 0) is 4.43 Å². The maximum atomic E-state index is 9.51. The lowest BCUT2D eigenvalue weighted by atomic mass is 10.0. The molecule has 168 valence electrons. The maximum absolute atomic E-state index is 9.51. The van der Waals surface area contributed by atoms with Gasteiger partial charge in [0.2, 0.25) is 0 Å². The lowest BCUT2D eigenvalue weighted by Gasteiger charge is -2.35. The third kappa shape index (κ3) is 13.9. The zero-order valence-corrected chi connectivity index (χ0v) is 21.8. The summed E-state index contributed by atoms with van der Waals surface area (Å²) in [7, 11) is -1.65. The van der Waals surface area contributed by atoms with Crippen LogP contribution in [0.2, 0.25) is 18.1 Å². The van der Waals surface area contributed by atoms with Crippen molar-refractivity contribution in [3.63, 3.8) is 0 Å². The van der Waals surface area contributed by atoms with E-state index in [1.807, 2.05) is 0 Å². The Morgan fingerprint density at radius 1 is 0.793 bits per heavy atom. The normalized spacial score (nSPS) is 14.3. The van der Waals surface area contributed by atoms with Gasteiger partial charge in [-0.25, -0.2) is 0 Å². The molecule has 0 aliphatic carbocycles. The van der Waals surface area contributed by atoms with Gasteiger partial charge in [0.1, 0.15) is 0 Å². The Kier molecular flexibility index (Phi) is 13.7. The Morgan fingerprint density at radius 2 is 1.31 bits per heavy atom. The van der Waals surface area contributed by atoms with Gasteiger partial charge in [-0.3, -0.25) is 0 Å². The highest BCUT2D eigenvalue weighted by Crippen LogP contribution is 2.36. The topological polar surface area (TPSA) is 29.5 Å². The zero-order chi connectivity index (χ0) is 22.5. The predicted octanol–water partition coefficient (Wildman–Crippen LogP) is 8.13. The highest BCUT2D eigenvalue weighted by Gasteiger charge is 2.36. The molecule has 0 radical (unpaired) electrons. The van der Waals surface area contributed by atoms with Crippen LogP contribution in [0.4, 0.5) is 0 Å². The van der Waals surface area contributed by atoms with Crippen molar-refractivity contribution in [3.8, 4) is 0 Å². The predicted molar refractivity (Wildman–Crippen MR) is 133 cm³/mol. The average Bonchev–Trinajstić information content (AvgIpc) is 2.59. The molecule has 0 saturated carbocycles. The fourth-order valence-electron chi connectivity index (χ4n) is 2.66. The van der Waals surface area contributed by atoms with E-state index in [2.05, 4.69) is 85.9 Å². The lowest BCUT2D eigenvalue weighted by Crippen LogP contribution is -2.40. The van der Waals surface area contributed by atoms with Gasteiger partial charge in [0, 0.05) is 0 Å². The minimum Gasteiger partial charge on any atom is -0.413 e. The van der Waals surface area contributed by atoms with E-state index < -0.39 is 8.32 Å². The van der Waals surface area contributed by atoms with Crippen LogP contribution in [0.1, 0.15) is 87.0 Å². The Labute approximate surface area is 183 Å². The fraction of sp³-hybridized carbons (Fsp3) is 0.692. The van der Waals surface area contributed by atoms with E-state index in [1.165, 1.54) is 16.7 Å². The van der Waals surface area contributed by atoms with E-state index in [9.17, 15) is 5.11 Å². The number of aliphatic hydroxyl groups excluding tert-OH is 1. The van der Waals surface area contributed by atoms with Crippen molar-refractivity contribution in [2.75, 3.05) is 13.2 Å². The Balaban J connectivity index is 4.28. The lowest BCUT2D eigenvalue weighted by molar-refractivity contribution is 0.326. The molecule has 0 unspecified atom stereocenters. The van der Waals surface area contributed by atoms with Crippen LogP contribution in [0.15, 0.2) is 46.6 Å². The summed E-state index contributed by atoms with van der Waals surface area (Å²) < 4.78 is 6.24. The molecule has 0 aromatic rings. The molecule has 0 aliphatic heterocycles. The van der Waals surface area contributed by atoms with Gasteiger partial charge in [-0.15, -0.1) is 0 Å². The second kappa shape index (κ2) is 14.2. The first-order chi connectivity index (χ1) is 13.4. The number of hydrogen-bond acceptors (Lipinski definition) is 2. The van der Waals surface area contributed by atoms with E-state index in [4.69, 9.17) is 4.43 Å². The minimum atomic E-state index is -1.65. The van der Waals surface area contributed by atoms with E-state index in [0.717, 1.165) is 50.7 Å². The SMILES string of the molecule is CC(C)=CCC/C(=C\CC/C(C)=C/CC/C(C)=C/CO[Si](C)(C)C(C)(C)C)CO. The van der Waals surface area contributed by atoms with Crippen molar-refractivity contribution in [2.45, 2.75) is 105 Å². The van der Waals surface area contributed by atoms with Gasteiger partial charge in [-0.1, -0.05) is 61.8 Å². The van der Waals surface area contributed by atoms with Crippen molar-refractivity contribution in [1.82, 2.24) is 0 Å². The molecule has 3 heteroatoms. The van der Waals surface area contributed by atoms with Crippen LogP contribution in [0.25, 0.3) is 0 Å². The molecule has 29 heavy (non-hydrogen) atoms. The Hall–Kier alpha value is -0.903. The van der Waals surface area contributed by atoms with Crippen LogP contribution in [-0.4, -0.2) is 26.6 Å². The van der Waals surface area contributed by atoms with E-state index in [0.29, 0.717) is 0 Å². The van der Waals surface area contributed by atoms with Gasteiger partial charge >= 0.3 is 0 Å². The van der Waals surface area contributed by atoms with Crippen LogP contribution < -0.4 is 0 Å². The first-order valence-electron chi connectivity index (χ1n) is 11.3. The molecule has 0 bridgehead atoms. The van der Waals surface area contributed by atoms with Crippen LogP contribution >= 0.6 is 0 Å². The molecule has 0 aliphatic rings. The molecule has 0 aromatic heterocycles. The van der Waals surface area contributed by atoms with Gasteiger partial charge < -0.3 is 9.53 Å². The van der Waals surface area contributed by atoms with Crippen molar-refractivity contribution >= 4 is 8.32 Å². The molecule has 0 aromatic carbocycles. The third-order valence-electron chi connectivity index (χ3n) is 5.91. The monoisotopic (exact) mass is 420 g/mol. The first kappa shape index (κ1) is 28.1. The van der Waals surface area contributed by atoms with E-state index in [-0.39, 0.29) is 11.6 Å². The molecule has 0 saturated heterocycles. The van der Waals surface area contributed by atoms with Crippen molar-refractivity contribution < 1.29 is 9.53 Å². The number of hydrogen-bond donors (Lipinski definition) is 1. The van der Waals surface area contributed by atoms with Gasteiger partial charge in [-0.05, 0) is 89.9 Å². The first-order valence-corrected chi connectivity index (χ1v) is 14.2. The summed E-state index contributed by atoms with van der Waals surface area (Å²) in [5.74, 6) is 0. The third-order valence-corrected chi connectivity index (χ3v) is 10.4. The summed E-state index contributed by atoms with van der Waals surface area (Å²) in [5.41, 5.74) is 5.36. The summed E-state index contributed by atoms with van der Waals surface area (Å²) in [6, 6.07) is 0. The number of aliphatic hydroxyl groups is 1.